The monoisotopic (exact) mass is 551 g/mol. The minimum Gasteiger partial charge on any atom is -0.465 e. The molecule has 3 heterocycles. The van der Waals surface area contributed by atoms with Crippen LogP contribution in [0.25, 0.3) is 5.69 Å². The van der Waals surface area contributed by atoms with Crippen molar-refractivity contribution in [3.05, 3.63) is 87.6 Å². The zero-order chi connectivity index (χ0) is 27.5. The second-order valence-electron chi connectivity index (χ2n) is 10.1. The first-order valence-corrected chi connectivity index (χ1v) is 13.3. The molecule has 3 aromatic rings. The number of hydrogen-bond donors (Lipinski definition) is 3. The van der Waals surface area contributed by atoms with E-state index in [1.54, 1.807) is 34.0 Å². The lowest BCUT2D eigenvalue weighted by Crippen LogP contribution is -2.59. The Morgan fingerprint density at radius 3 is 2.36 bits per heavy atom. The molecule has 11 heteroatoms. The van der Waals surface area contributed by atoms with Crippen LogP contribution in [0.2, 0.25) is 5.02 Å². The molecule has 3 amide bonds. The number of nitrogens with one attached hydrogen (secondary N) is 2. The lowest BCUT2D eigenvalue weighted by molar-refractivity contribution is -0.139. The van der Waals surface area contributed by atoms with Gasteiger partial charge in [0.25, 0.3) is 0 Å². The summed E-state index contributed by atoms with van der Waals surface area (Å²) in [5, 5.41) is 12.6. The van der Waals surface area contributed by atoms with Crippen molar-refractivity contribution in [2.24, 2.45) is 5.92 Å². The maximum atomic E-state index is 13.7. The molecule has 0 unspecified atom stereocenters. The molecule has 10 nitrogen and oxygen atoms in total. The molecule has 5 rings (SSSR count). The minimum atomic E-state index is -1.06. The van der Waals surface area contributed by atoms with Crippen molar-refractivity contribution in [1.29, 1.82) is 0 Å². The molecular formula is C28H30ClN5O5. The predicted molar refractivity (Wildman–Crippen MR) is 145 cm³/mol. The maximum Gasteiger partial charge on any atom is 0.407 e. The van der Waals surface area contributed by atoms with Crippen molar-refractivity contribution in [3.63, 3.8) is 0 Å². The van der Waals surface area contributed by atoms with E-state index in [1.165, 1.54) is 4.90 Å². The Morgan fingerprint density at radius 1 is 1.03 bits per heavy atom. The summed E-state index contributed by atoms with van der Waals surface area (Å²) >= 11 is 6.02. The van der Waals surface area contributed by atoms with Gasteiger partial charge in [-0.3, -0.25) is 14.2 Å². The number of carboxylic acid groups (broad SMARTS) is 1. The largest absolute Gasteiger partial charge is 0.465 e. The van der Waals surface area contributed by atoms with Gasteiger partial charge in [-0.15, -0.1) is 0 Å². The first-order valence-electron chi connectivity index (χ1n) is 13.0. The summed E-state index contributed by atoms with van der Waals surface area (Å²) in [6.45, 7) is 1.28. The zero-order valence-electron chi connectivity index (χ0n) is 21.3. The molecule has 2 aliphatic heterocycles. The Bertz CT molecular complexity index is 1400. The van der Waals surface area contributed by atoms with Gasteiger partial charge in [0.05, 0.1) is 11.6 Å². The first kappa shape index (κ1) is 26.6. The fourth-order valence-electron chi connectivity index (χ4n) is 5.34. The standard InChI is InChI=1S/C28H30ClN5O5/c29-21-7-5-18(6-8-21)15-23(31-25(35)20-16-33(17-20)28(38)39)26(36)32-12-9-19(10-13-32)22-3-1-2-4-24(22)34-14-11-30-27(34)37/h1-8,11,14,19-20,23H,9-10,12-13,15-17H2,(H,30,37)(H,31,35)(H,38,39)/t23-/m1/s1. The number of nitrogens with zero attached hydrogens (tertiary/aromatic N) is 3. The van der Waals surface area contributed by atoms with Crippen LogP contribution in [0.1, 0.15) is 29.9 Å². The van der Waals surface area contributed by atoms with Crippen molar-refractivity contribution in [2.75, 3.05) is 26.2 Å². The van der Waals surface area contributed by atoms with E-state index in [-0.39, 0.29) is 36.5 Å². The number of amides is 3. The van der Waals surface area contributed by atoms with E-state index in [2.05, 4.69) is 10.3 Å². The number of carbonyl (C=O) groups excluding carboxylic acids is 2. The summed E-state index contributed by atoms with van der Waals surface area (Å²) in [7, 11) is 0. The number of hydrogen-bond acceptors (Lipinski definition) is 4. The lowest BCUT2D eigenvalue weighted by Gasteiger charge is -2.38. The molecule has 0 bridgehead atoms. The number of rotatable bonds is 7. The number of para-hydroxylation sites is 1. The Morgan fingerprint density at radius 2 is 1.72 bits per heavy atom. The molecule has 2 fully saturated rings. The highest BCUT2D eigenvalue weighted by molar-refractivity contribution is 6.30. The molecule has 2 aliphatic rings. The van der Waals surface area contributed by atoms with Crippen LogP contribution in [-0.2, 0) is 16.0 Å². The van der Waals surface area contributed by atoms with Gasteiger partial charge in [-0.1, -0.05) is 41.9 Å². The molecule has 0 saturated carbocycles. The third-order valence-corrected chi connectivity index (χ3v) is 7.83. The van der Waals surface area contributed by atoms with Crippen molar-refractivity contribution < 1.29 is 19.5 Å². The summed E-state index contributed by atoms with van der Waals surface area (Å²) in [5.41, 5.74) is 2.55. The van der Waals surface area contributed by atoms with Crippen molar-refractivity contribution in [1.82, 2.24) is 24.7 Å². The van der Waals surface area contributed by atoms with Gasteiger partial charge < -0.3 is 25.2 Å². The Balaban J connectivity index is 1.27. The number of benzene rings is 2. The highest BCUT2D eigenvalue weighted by Gasteiger charge is 2.38. The van der Waals surface area contributed by atoms with Crippen LogP contribution in [-0.4, -0.2) is 74.6 Å². The van der Waals surface area contributed by atoms with Crippen LogP contribution >= 0.6 is 11.6 Å². The van der Waals surface area contributed by atoms with Crippen molar-refractivity contribution in [2.45, 2.75) is 31.2 Å². The topological polar surface area (TPSA) is 128 Å². The highest BCUT2D eigenvalue weighted by atomic mass is 35.5. The van der Waals surface area contributed by atoms with Gasteiger partial charge in [0.15, 0.2) is 0 Å². The quantitative estimate of drug-likeness (QED) is 0.416. The highest BCUT2D eigenvalue weighted by Crippen LogP contribution is 2.32. The summed E-state index contributed by atoms with van der Waals surface area (Å²) < 4.78 is 1.59. The van der Waals surface area contributed by atoms with Gasteiger partial charge in [-0.25, -0.2) is 9.59 Å². The number of halogens is 1. The van der Waals surface area contributed by atoms with E-state index in [0.29, 0.717) is 24.5 Å². The molecule has 39 heavy (non-hydrogen) atoms. The van der Waals surface area contributed by atoms with Gasteiger partial charge in [-0.2, -0.15) is 0 Å². The van der Waals surface area contributed by atoms with Gasteiger partial charge in [0.1, 0.15) is 6.04 Å². The van der Waals surface area contributed by atoms with Crippen LogP contribution in [0.4, 0.5) is 4.79 Å². The van der Waals surface area contributed by atoms with Gasteiger partial charge in [0.2, 0.25) is 11.8 Å². The number of aromatic amines is 1. The fraction of sp³-hybridized carbons (Fsp3) is 0.357. The predicted octanol–water partition coefficient (Wildman–Crippen LogP) is 2.86. The van der Waals surface area contributed by atoms with Crippen LogP contribution in [0, 0.1) is 5.92 Å². The van der Waals surface area contributed by atoms with Gasteiger partial charge >= 0.3 is 11.8 Å². The number of piperidine rings is 1. The van der Waals surface area contributed by atoms with Crippen molar-refractivity contribution in [3.8, 4) is 5.69 Å². The van der Waals surface area contributed by atoms with E-state index in [9.17, 15) is 19.2 Å². The zero-order valence-corrected chi connectivity index (χ0v) is 22.0. The third kappa shape index (κ3) is 5.85. The Kier molecular flexibility index (Phi) is 7.74. The molecular weight excluding hydrogens is 522 g/mol. The molecule has 0 spiro atoms. The third-order valence-electron chi connectivity index (χ3n) is 7.58. The van der Waals surface area contributed by atoms with Crippen LogP contribution in [0.3, 0.4) is 0 Å². The molecule has 0 aliphatic carbocycles. The average molecular weight is 552 g/mol. The molecule has 3 N–H and O–H groups in total. The molecule has 204 valence electrons. The summed E-state index contributed by atoms with van der Waals surface area (Å²) in [6.07, 6.45) is 4.01. The first-order chi connectivity index (χ1) is 18.8. The van der Waals surface area contributed by atoms with Gasteiger partial charge in [-0.05, 0) is 48.1 Å². The maximum absolute atomic E-state index is 13.7. The SMILES string of the molecule is O=C(N[C@H](Cc1ccc(Cl)cc1)C(=O)N1CCC(c2ccccc2-n2cc[nH]c2=O)CC1)C1CN(C(=O)O)C1. The van der Waals surface area contributed by atoms with Crippen LogP contribution in [0.15, 0.2) is 65.7 Å². The van der Waals surface area contributed by atoms with E-state index < -0.39 is 18.1 Å². The summed E-state index contributed by atoms with van der Waals surface area (Å²) in [5.74, 6) is -0.782. The molecule has 1 aromatic heterocycles. The van der Waals surface area contributed by atoms with E-state index in [1.807, 2.05) is 36.4 Å². The minimum absolute atomic E-state index is 0.123. The molecule has 2 aromatic carbocycles. The number of carbonyl (C=O) groups is 3. The molecule has 2 saturated heterocycles. The van der Waals surface area contributed by atoms with Crippen LogP contribution < -0.4 is 11.0 Å². The second kappa shape index (κ2) is 11.4. The average Bonchev–Trinajstić information content (AvgIpc) is 3.33. The Labute approximate surface area is 230 Å². The van der Waals surface area contributed by atoms with E-state index in [0.717, 1.165) is 29.7 Å². The van der Waals surface area contributed by atoms with Gasteiger partial charge in [0, 0.05) is 50.0 Å². The van der Waals surface area contributed by atoms with E-state index in [4.69, 9.17) is 16.7 Å². The number of aromatic nitrogens is 2. The summed E-state index contributed by atoms with van der Waals surface area (Å²) in [6, 6.07) is 14.2. The Hall–Kier alpha value is -4.05. The second-order valence-corrected chi connectivity index (χ2v) is 10.5. The van der Waals surface area contributed by atoms with E-state index >= 15 is 0 Å². The normalized spacial score (nSPS) is 16.9. The van der Waals surface area contributed by atoms with Crippen LogP contribution in [0.5, 0.6) is 0 Å². The summed E-state index contributed by atoms with van der Waals surface area (Å²) in [4.78, 5) is 55.5. The molecule has 0 radical (unpaired) electrons. The fourth-order valence-corrected chi connectivity index (χ4v) is 5.47. The lowest BCUT2D eigenvalue weighted by atomic mass is 9.87. The number of likely N-dealkylation sites (tertiary alicyclic amines) is 2. The number of imidazole rings is 1. The molecule has 1 atom stereocenters. The number of H-pyrrole nitrogens is 1. The smallest absolute Gasteiger partial charge is 0.407 e. The van der Waals surface area contributed by atoms with Crippen molar-refractivity contribution >= 4 is 29.5 Å².